The highest BCUT2D eigenvalue weighted by atomic mass is 35.5. The second kappa shape index (κ2) is 3.59. The molecule has 1 aromatic heterocycles. The van der Waals surface area contributed by atoms with Crippen LogP contribution in [0.3, 0.4) is 0 Å². The van der Waals surface area contributed by atoms with Gasteiger partial charge in [0.1, 0.15) is 0 Å². The monoisotopic (exact) mass is 184 g/mol. The van der Waals surface area contributed by atoms with E-state index in [9.17, 15) is 4.79 Å². The van der Waals surface area contributed by atoms with Gasteiger partial charge in [0.25, 0.3) is 0 Å². The Kier molecular flexibility index (Phi) is 2.71. The summed E-state index contributed by atoms with van der Waals surface area (Å²) >= 11 is 5.60. The summed E-state index contributed by atoms with van der Waals surface area (Å²) in [5, 5.41) is 0.150. The van der Waals surface area contributed by atoms with Gasteiger partial charge in [0, 0.05) is 0 Å². The van der Waals surface area contributed by atoms with Crippen molar-refractivity contribution in [2.24, 2.45) is 0 Å². The molecule has 1 rings (SSSR count). The summed E-state index contributed by atoms with van der Waals surface area (Å²) in [6.07, 6.45) is 2.92. The fraction of sp³-hybridized carbons (Fsp3) is 0.222. The maximum atomic E-state index is 11.3. The first-order chi connectivity index (χ1) is 5.61. The molecule has 0 bridgehead atoms. The molecule has 0 unspecified atom stereocenters. The van der Waals surface area contributed by atoms with Crippen LogP contribution in [0, 0.1) is 0 Å². The number of carbonyl (C=O) groups is 1. The van der Waals surface area contributed by atoms with Crippen molar-refractivity contribution in [1.82, 2.24) is 0 Å². The molecular weight excluding hydrogens is 176 g/mol. The zero-order chi connectivity index (χ0) is 9.14. The minimum Gasteiger partial charge on any atom is -0.452 e. The maximum absolute atomic E-state index is 11.3. The third-order valence-electron chi connectivity index (χ3n) is 1.30. The summed E-state index contributed by atoms with van der Waals surface area (Å²) in [6.45, 7) is 3.71. The standard InChI is InChI=1S/C9H9ClO2/c1-6(2)5-8(11)7-3-4-12-9(7)10/h3-5H,1-2H3. The van der Waals surface area contributed by atoms with Crippen molar-refractivity contribution in [1.29, 1.82) is 0 Å². The first kappa shape index (κ1) is 9.07. The molecule has 0 aliphatic heterocycles. The van der Waals surface area contributed by atoms with Crippen molar-refractivity contribution in [3.63, 3.8) is 0 Å². The van der Waals surface area contributed by atoms with E-state index in [2.05, 4.69) is 0 Å². The average Bonchev–Trinajstić information content (AvgIpc) is 2.33. The molecule has 0 spiro atoms. The lowest BCUT2D eigenvalue weighted by Crippen LogP contribution is -1.92. The van der Waals surface area contributed by atoms with Gasteiger partial charge in [-0.05, 0) is 37.6 Å². The molecule has 0 saturated carbocycles. The van der Waals surface area contributed by atoms with Crippen molar-refractivity contribution in [3.05, 3.63) is 34.8 Å². The molecule has 0 radical (unpaired) electrons. The number of halogens is 1. The molecule has 0 aliphatic carbocycles. The molecule has 12 heavy (non-hydrogen) atoms. The van der Waals surface area contributed by atoms with E-state index in [0.717, 1.165) is 5.57 Å². The highest BCUT2D eigenvalue weighted by Crippen LogP contribution is 2.17. The first-order valence-corrected chi connectivity index (χ1v) is 3.91. The molecule has 0 aliphatic rings. The molecule has 0 aromatic carbocycles. The second-order valence-electron chi connectivity index (χ2n) is 2.69. The Hall–Kier alpha value is -1.02. The van der Waals surface area contributed by atoms with E-state index in [0.29, 0.717) is 5.56 Å². The number of hydrogen-bond acceptors (Lipinski definition) is 2. The fourth-order valence-corrected chi connectivity index (χ4v) is 1.02. The summed E-state index contributed by atoms with van der Waals surface area (Å²) < 4.78 is 4.78. The fourth-order valence-electron chi connectivity index (χ4n) is 0.810. The zero-order valence-corrected chi connectivity index (χ0v) is 7.68. The number of rotatable bonds is 2. The van der Waals surface area contributed by atoms with E-state index in [1.54, 1.807) is 6.07 Å². The maximum Gasteiger partial charge on any atom is 0.204 e. The quantitative estimate of drug-likeness (QED) is 0.522. The van der Waals surface area contributed by atoms with Crippen LogP contribution in [0.1, 0.15) is 24.2 Å². The Morgan fingerprint density at radius 2 is 2.25 bits per heavy atom. The summed E-state index contributed by atoms with van der Waals surface area (Å²) in [4.78, 5) is 11.3. The van der Waals surface area contributed by atoms with Crippen LogP contribution in [0.2, 0.25) is 5.22 Å². The predicted octanol–water partition coefficient (Wildman–Crippen LogP) is 3.08. The molecule has 0 N–H and O–H groups in total. The van der Waals surface area contributed by atoms with Crippen LogP contribution in [-0.2, 0) is 0 Å². The molecule has 1 heterocycles. The van der Waals surface area contributed by atoms with E-state index >= 15 is 0 Å². The number of ketones is 1. The Labute approximate surface area is 75.8 Å². The average molecular weight is 185 g/mol. The summed E-state index contributed by atoms with van der Waals surface area (Å²) in [7, 11) is 0. The zero-order valence-electron chi connectivity index (χ0n) is 6.93. The van der Waals surface area contributed by atoms with Gasteiger partial charge in [0.2, 0.25) is 5.22 Å². The van der Waals surface area contributed by atoms with Crippen LogP contribution >= 0.6 is 11.6 Å². The highest BCUT2D eigenvalue weighted by Gasteiger charge is 2.09. The molecule has 1 aromatic rings. The van der Waals surface area contributed by atoms with Gasteiger partial charge in [-0.1, -0.05) is 5.57 Å². The number of furan rings is 1. The molecule has 3 heteroatoms. The lowest BCUT2D eigenvalue weighted by Gasteiger charge is -1.90. The van der Waals surface area contributed by atoms with Crippen LogP contribution in [-0.4, -0.2) is 5.78 Å². The van der Waals surface area contributed by atoms with Crippen molar-refractivity contribution >= 4 is 17.4 Å². The van der Waals surface area contributed by atoms with E-state index < -0.39 is 0 Å². The van der Waals surface area contributed by atoms with Crippen molar-refractivity contribution in [3.8, 4) is 0 Å². The van der Waals surface area contributed by atoms with Crippen LogP contribution in [0.5, 0.6) is 0 Å². The smallest absolute Gasteiger partial charge is 0.204 e. The van der Waals surface area contributed by atoms with E-state index in [-0.39, 0.29) is 11.0 Å². The van der Waals surface area contributed by atoms with Crippen molar-refractivity contribution in [2.45, 2.75) is 13.8 Å². The normalized spacial score (nSPS) is 9.58. The lowest BCUT2D eigenvalue weighted by atomic mass is 10.2. The molecule has 0 fully saturated rings. The number of hydrogen-bond donors (Lipinski definition) is 0. The van der Waals surface area contributed by atoms with Crippen LogP contribution in [0.15, 0.2) is 28.4 Å². The molecule has 0 atom stereocenters. The largest absolute Gasteiger partial charge is 0.452 e. The van der Waals surface area contributed by atoms with Gasteiger partial charge in [0.15, 0.2) is 5.78 Å². The molecule has 0 amide bonds. The van der Waals surface area contributed by atoms with E-state index in [1.165, 1.54) is 12.3 Å². The minimum absolute atomic E-state index is 0.117. The van der Waals surface area contributed by atoms with E-state index in [4.69, 9.17) is 16.0 Å². The molecule has 64 valence electrons. The third-order valence-corrected chi connectivity index (χ3v) is 1.60. The minimum atomic E-state index is -0.117. The SMILES string of the molecule is CC(C)=CC(=O)c1ccoc1Cl. The van der Waals surface area contributed by atoms with Gasteiger partial charge in [-0.25, -0.2) is 0 Å². The highest BCUT2D eigenvalue weighted by molar-refractivity contribution is 6.32. The Bertz CT molecular complexity index is 319. The van der Waals surface area contributed by atoms with Gasteiger partial charge in [-0.2, -0.15) is 0 Å². The van der Waals surface area contributed by atoms with Crippen LogP contribution in [0.4, 0.5) is 0 Å². The summed E-state index contributed by atoms with van der Waals surface area (Å²) in [5.41, 5.74) is 1.36. The van der Waals surface area contributed by atoms with Gasteiger partial charge in [-0.3, -0.25) is 4.79 Å². The number of allylic oxidation sites excluding steroid dienone is 2. The van der Waals surface area contributed by atoms with Crippen LogP contribution < -0.4 is 0 Å². The lowest BCUT2D eigenvalue weighted by molar-refractivity contribution is 0.104. The third kappa shape index (κ3) is 1.98. The second-order valence-corrected chi connectivity index (χ2v) is 3.04. The van der Waals surface area contributed by atoms with Crippen molar-refractivity contribution in [2.75, 3.05) is 0 Å². The molecular formula is C9H9ClO2. The number of carbonyl (C=O) groups excluding carboxylic acids is 1. The molecule has 2 nitrogen and oxygen atoms in total. The first-order valence-electron chi connectivity index (χ1n) is 3.53. The van der Waals surface area contributed by atoms with Gasteiger partial charge >= 0.3 is 0 Å². The Morgan fingerprint density at radius 1 is 1.58 bits per heavy atom. The topological polar surface area (TPSA) is 30.2 Å². The molecule has 0 saturated heterocycles. The predicted molar refractivity (Wildman–Crippen MR) is 47.5 cm³/mol. The van der Waals surface area contributed by atoms with Gasteiger partial charge in [0.05, 0.1) is 11.8 Å². The van der Waals surface area contributed by atoms with Crippen LogP contribution in [0.25, 0.3) is 0 Å². The summed E-state index contributed by atoms with van der Waals surface area (Å²) in [5.74, 6) is -0.117. The Balaban J connectivity index is 2.93. The van der Waals surface area contributed by atoms with E-state index in [1.807, 2.05) is 13.8 Å². The van der Waals surface area contributed by atoms with Crippen molar-refractivity contribution < 1.29 is 9.21 Å². The Morgan fingerprint density at radius 3 is 2.67 bits per heavy atom. The van der Waals surface area contributed by atoms with Gasteiger partial charge < -0.3 is 4.42 Å². The summed E-state index contributed by atoms with van der Waals surface area (Å²) in [6, 6.07) is 1.56. The van der Waals surface area contributed by atoms with Gasteiger partial charge in [-0.15, -0.1) is 0 Å².